The normalized spacial score (nSPS) is 13.9. The van der Waals surface area contributed by atoms with Crippen LogP contribution in [0.1, 0.15) is 24.1 Å². The zero-order valence-electron chi connectivity index (χ0n) is 12.3. The highest BCUT2D eigenvalue weighted by Crippen LogP contribution is 2.18. The minimum absolute atomic E-state index is 0.0155. The molecule has 2 atom stereocenters. The standard InChI is InChI=1S/C17H20FNOS/c1-3-13-4-6-14(7-5-13)17(19-2)12-21(20)16-10-8-15(18)9-11-16/h4-11,17,19H,3,12H2,1-2H3. The van der Waals surface area contributed by atoms with Crippen LogP contribution in [0.4, 0.5) is 4.39 Å². The van der Waals surface area contributed by atoms with Gasteiger partial charge in [0.25, 0.3) is 0 Å². The van der Waals surface area contributed by atoms with Gasteiger partial charge in [0.05, 0.1) is 10.8 Å². The van der Waals surface area contributed by atoms with E-state index in [1.807, 2.05) is 7.05 Å². The minimum Gasteiger partial charge on any atom is -0.312 e. The molecule has 4 heteroatoms. The molecular formula is C17H20FNOS. The Bertz CT molecular complexity index is 595. The van der Waals surface area contributed by atoms with Gasteiger partial charge in [-0.3, -0.25) is 4.21 Å². The zero-order valence-corrected chi connectivity index (χ0v) is 13.1. The van der Waals surface area contributed by atoms with Crippen molar-refractivity contribution in [3.05, 3.63) is 65.5 Å². The molecule has 2 rings (SSSR count). The number of hydrogen-bond donors (Lipinski definition) is 1. The van der Waals surface area contributed by atoms with Gasteiger partial charge in [0.15, 0.2) is 0 Å². The molecule has 2 nitrogen and oxygen atoms in total. The van der Waals surface area contributed by atoms with Gasteiger partial charge >= 0.3 is 0 Å². The average molecular weight is 305 g/mol. The van der Waals surface area contributed by atoms with E-state index in [4.69, 9.17) is 0 Å². The molecule has 0 heterocycles. The highest BCUT2D eigenvalue weighted by Gasteiger charge is 2.14. The summed E-state index contributed by atoms with van der Waals surface area (Å²) in [4.78, 5) is 0.654. The SMILES string of the molecule is CCc1ccc(C(CS(=O)c2ccc(F)cc2)NC)cc1. The summed E-state index contributed by atoms with van der Waals surface area (Å²) < 4.78 is 25.3. The number of rotatable bonds is 6. The summed E-state index contributed by atoms with van der Waals surface area (Å²) in [5, 5.41) is 3.20. The summed E-state index contributed by atoms with van der Waals surface area (Å²) in [5.41, 5.74) is 2.40. The van der Waals surface area contributed by atoms with Gasteiger partial charge in [-0.15, -0.1) is 0 Å². The lowest BCUT2D eigenvalue weighted by Crippen LogP contribution is -2.22. The van der Waals surface area contributed by atoms with E-state index < -0.39 is 10.8 Å². The first-order valence-corrected chi connectivity index (χ1v) is 8.36. The Labute approximate surface area is 127 Å². The van der Waals surface area contributed by atoms with Crippen LogP contribution >= 0.6 is 0 Å². The molecule has 1 N–H and O–H groups in total. The van der Waals surface area contributed by atoms with E-state index in [1.165, 1.54) is 17.7 Å². The molecule has 2 aromatic rings. The third-order valence-corrected chi connectivity index (χ3v) is 4.97. The monoisotopic (exact) mass is 305 g/mol. The Morgan fingerprint density at radius 2 is 1.71 bits per heavy atom. The van der Waals surface area contributed by atoms with Crippen LogP contribution in [0.5, 0.6) is 0 Å². The van der Waals surface area contributed by atoms with Gasteiger partial charge in [-0.1, -0.05) is 31.2 Å². The maximum absolute atomic E-state index is 12.9. The van der Waals surface area contributed by atoms with Gasteiger partial charge in [0.2, 0.25) is 0 Å². The molecule has 112 valence electrons. The first-order valence-electron chi connectivity index (χ1n) is 7.04. The van der Waals surface area contributed by atoms with Gasteiger partial charge in [0, 0.05) is 16.7 Å². The molecule has 0 fully saturated rings. The van der Waals surface area contributed by atoms with Crippen molar-refractivity contribution in [3.8, 4) is 0 Å². The molecule has 0 amide bonds. The quantitative estimate of drug-likeness (QED) is 0.885. The highest BCUT2D eigenvalue weighted by atomic mass is 32.2. The molecular weight excluding hydrogens is 285 g/mol. The topological polar surface area (TPSA) is 29.1 Å². The van der Waals surface area contributed by atoms with Gasteiger partial charge in [-0.05, 0) is 48.9 Å². The van der Waals surface area contributed by atoms with Crippen LogP contribution in [0.25, 0.3) is 0 Å². The fourth-order valence-electron chi connectivity index (χ4n) is 2.17. The first-order chi connectivity index (χ1) is 10.1. The van der Waals surface area contributed by atoms with E-state index in [9.17, 15) is 8.60 Å². The minimum atomic E-state index is -1.16. The largest absolute Gasteiger partial charge is 0.312 e. The summed E-state index contributed by atoms with van der Waals surface area (Å²) in [6.45, 7) is 2.12. The van der Waals surface area contributed by atoms with Gasteiger partial charge in [-0.25, -0.2) is 4.39 Å². The highest BCUT2D eigenvalue weighted by molar-refractivity contribution is 7.85. The second-order valence-electron chi connectivity index (χ2n) is 4.90. The molecule has 0 aromatic heterocycles. The number of hydrogen-bond acceptors (Lipinski definition) is 2. The summed E-state index contributed by atoms with van der Waals surface area (Å²) in [6.07, 6.45) is 1.01. The molecule has 0 radical (unpaired) electrons. The van der Waals surface area contributed by atoms with Crippen molar-refractivity contribution in [2.24, 2.45) is 0 Å². The van der Waals surface area contributed by atoms with Crippen LogP contribution < -0.4 is 5.32 Å². The van der Waals surface area contributed by atoms with Crippen LogP contribution in [-0.2, 0) is 17.2 Å². The third kappa shape index (κ3) is 4.22. The maximum atomic E-state index is 12.9. The molecule has 0 spiro atoms. The van der Waals surface area contributed by atoms with Crippen LogP contribution in [0.15, 0.2) is 53.4 Å². The molecule has 0 aliphatic carbocycles. The molecule has 0 aliphatic heterocycles. The van der Waals surface area contributed by atoms with E-state index >= 15 is 0 Å². The molecule has 0 saturated heterocycles. The lowest BCUT2D eigenvalue weighted by atomic mass is 10.1. The van der Waals surface area contributed by atoms with E-state index in [0.717, 1.165) is 12.0 Å². The average Bonchev–Trinajstić information content (AvgIpc) is 2.53. The van der Waals surface area contributed by atoms with Crippen molar-refractivity contribution < 1.29 is 8.60 Å². The van der Waals surface area contributed by atoms with Crippen molar-refractivity contribution in [1.29, 1.82) is 0 Å². The third-order valence-electron chi connectivity index (χ3n) is 3.53. The molecule has 0 bridgehead atoms. The fraction of sp³-hybridized carbons (Fsp3) is 0.294. The van der Waals surface area contributed by atoms with Crippen LogP contribution in [0.2, 0.25) is 0 Å². The number of benzene rings is 2. The van der Waals surface area contributed by atoms with Crippen molar-refractivity contribution in [2.75, 3.05) is 12.8 Å². The Morgan fingerprint density at radius 1 is 1.10 bits per heavy atom. The van der Waals surface area contributed by atoms with Crippen molar-refractivity contribution in [3.63, 3.8) is 0 Å². The molecule has 0 aliphatic rings. The summed E-state index contributed by atoms with van der Waals surface area (Å²) in [5.74, 6) is 0.157. The van der Waals surface area contributed by atoms with Crippen molar-refractivity contribution >= 4 is 10.8 Å². The first kappa shape index (κ1) is 15.9. The van der Waals surface area contributed by atoms with Crippen LogP contribution in [0.3, 0.4) is 0 Å². The second kappa shape index (κ2) is 7.48. The molecule has 2 unspecified atom stereocenters. The summed E-state index contributed by atoms with van der Waals surface area (Å²) >= 11 is 0. The Kier molecular flexibility index (Phi) is 5.65. The molecule has 21 heavy (non-hydrogen) atoms. The van der Waals surface area contributed by atoms with Crippen molar-refractivity contribution in [1.82, 2.24) is 5.32 Å². The number of aryl methyl sites for hydroxylation is 1. The predicted molar refractivity (Wildman–Crippen MR) is 85.3 cm³/mol. The lowest BCUT2D eigenvalue weighted by molar-refractivity contribution is 0.624. The Hall–Kier alpha value is -1.52. The van der Waals surface area contributed by atoms with Crippen LogP contribution in [0, 0.1) is 5.82 Å². The summed E-state index contributed by atoms with van der Waals surface area (Å²) in [6, 6.07) is 14.2. The lowest BCUT2D eigenvalue weighted by Gasteiger charge is -2.16. The number of nitrogens with one attached hydrogen (secondary N) is 1. The Balaban J connectivity index is 2.10. The van der Waals surface area contributed by atoms with E-state index in [-0.39, 0.29) is 11.9 Å². The van der Waals surface area contributed by atoms with Gasteiger partial charge < -0.3 is 5.32 Å². The second-order valence-corrected chi connectivity index (χ2v) is 6.40. The Morgan fingerprint density at radius 3 is 2.24 bits per heavy atom. The number of halogens is 1. The predicted octanol–water partition coefficient (Wildman–Crippen LogP) is 3.46. The van der Waals surface area contributed by atoms with Crippen molar-refractivity contribution in [2.45, 2.75) is 24.3 Å². The summed E-state index contributed by atoms with van der Waals surface area (Å²) in [7, 11) is 0.703. The van der Waals surface area contributed by atoms with E-state index in [2.05, 4.69) is 36.5 Å². The maximum Gasteiger partial charge on any atom is 0.123 e. The van der Waals surface area contributed by atoms with Crippen LogP contribution in [-0.4, -0.2) is 17.0 Å². The molecule has 0 saturated carbocycles. The van der Waals surface area contributed by atoms with E-state index in [0.29, 0.717) is 10.6 Å². The van der Waals surface area contributed by atoms with Gasteiger partial charge in [0.1, 0.15) is 5.82 Å². The van der Waals surface area contributed by atoms with Gasteiger partial charge in [-0.2, -0.15) is 0 Å². The van der Waals surface area contributed by atoms with E-state index in [1.54, 1.807) is 12.1 Å². The zero-order chi connectivity index (χ0) is 15.2. The smallest absolute Gasteiger partial charge is 0.123 e. The molecule has 2 aromatic carbocycles. The fourth-order valence-corrected chi connectivity index (χ4v) is 3.46.